The van der Waals surface area contributed by atoms with Gasteiger partial charge in [-0.1, -0.05) is 34.1 Å². The van der Waals surface area contributed by atoms with Crippen molar-refractivity contribution in [3.05, 3.63) is 63.6 Å². The third-order valence-electron chi connectivity index (χ3n) is 3.10. The first-order valence-corrected chi connectivity index (χ1v) is 7.52. The third-order valence-corrected chi connectivity index (χ3v) is 3.87. The number of carbonyl (C=O) groups is 2. The van der Waals surface area contributed by atoms with Gasteiger partial charge in [-0.25, -0.2) is 9.59 Å². The van der Waals surface area contributed by atoms with Gasteiger partial charge in [0.15, 0.2) is 0 Å². The molecule has 6 heteroatoms. The maximum absolute atomic E-state index is 11.7. The number of halogens is 1. The van der Waals surface area contributed by atoms with Crippen LogP contribution in [0.5, 0.6) is 5.75 Å². The van der Waals surface area contributed by atoms with Gasteiger partial charge in [-0.15, -0.1) is 0 Å². The molecule has 0 saturated carbocycles. The Morgan fingerprint density at radius 3 is 2.04 bits per heavy atom. The van der Waals surface area contributed by atoms with Crippen molar-refractivity contribution >= 4 is 27.9 Å². The number of rotatable bonds is 5. The molecule has 2 aromatic rings. The van der Waals surface area contributed by atoms with E-state index in [2.05, 4.69) is 25.4 Å². The van der Waals surface area contributed by atoms with E-state index in [1.807, 2.05) is 24.3 Å². The Balaban J connectivity index is 2.28. The zero-order chi connectivity index (χ0) is 16.8. The molecule has 0 radical (unpaired) electrons. The minimum atomic E-state index is -0.554. The molecule has 0 unspecified atom stereocenters. The molecule has 0 aliphatic heterocycles. The zero-order valence-electron chi connectivity index (χ0n) is 12.7. The highest BCUT2D eigenvalue weighted by atomic mass is 79.9. The summed E-state index contributed by atoms with van der Waals surface area (Å²) < 4.78 is 16.0. The monoisotopic (exact) mass is 378 g/mol. The summed E-state index contributed by atoms with van der Waals surface area (Å²) in [5, 5.41) is 0. The van der Waals surface area contributed by atoms with E-state index in [-0.39, 0.29) is 17.7 Å². The minimum absolute atomic E-state index is 0.220. The molecular formula is C17H15BrO5. The average Bonchev–Trinajstić information content (AvgIpc) is 2.59. The first-order valence-electron chi connectivity index (χ1n) is 6.73. The molecule has 2 aromatic carbocycles. The molecule has 120 valence electrons. The summed E-state index contributed by atoms with van der Waals surface area (Å²) in [5.41, 5.74) is 1.38. The maximum Gasteiger partial charge on any atom is 0.338 e. The summed E-state index contributed by atoms with van der Waals surface area (Å²) in [6, 6.07) is 12.1. The van der Waals surface area contributed by atoms with Crippen LogP contribution in [0.3, 0.4) is 0 Å². The van der Waals surface area contributed by atoms with Gasteiger partial charge in [0.1, 0.15) is 12.4 Å². The largest absolute Gasteiger partial charge is 0.489 e. The van der Waals surface area contributed by atoms with Crippen molar-refractivity contribution < 1.29 is 23.8 Å². The average molecular weight is 379 g/mol. The number of hydrogen-bond acceptors (Lipinski definition) is 5. The van der Waals surface area contributed by atoms with E-state index in [0.717, 1.165) is 10.0 Å². The predicted molar refractivity (Wildman–Crippen MR) is 87.6 cm³/mol. The van der Waals surface area contributed by atoms with Crippen molar-refractivity contribution in [3.63, 3.8) is 0 Å². The Hall–Kier alpha value is -2.34. The summed E-state index contributed by atoms with van der Waals surface area (Å²) >= 11 is 3.44. The molecule has 0 N–H and O–H groups in total. The molecule has 0 heterocycles. The first-order chi connectivity index (χ1) is 11.0. The summed E-state index contributed by atoms with van der Waals surface area (Å²) in [6.07, 6.45) is 0. The lowest BCUT2D eigenvalue weighted by molar-refractivity contribution is 0.0598. The van der Waals surface area contributed by atoms with Crippen molar-refractivity contribution in [2.45, 2.75) is 6.61 Å². The molecule has 0 aliphatic carbocycles. The molecule has 2 rings (SSSR count). The van der Waals surface area contributed by atoms with Gasteiger partial charge in [-0.3, -0.25) is 0 Å². The molecule has 0 aliphatic rings. The van der Waals surface area contributed by atoms with Crippen molar-refractivity contribution in [2.75, 3.05) is 14.2 Å². The Labute approximate surface area is 142 Å². The van der Waals surface area contributed by atoms with Crippen LogP contribution in [0.2, 0.25) is 0 Å². The Morgan fingerprint density at radius 2 is 1.52 bits per heavy atom. The second kappa shape index (κ2) is 7.78. The molecule has 0 spiro atoms. The van der Waals surface area contributed by atoms with Crippen LogP contribution in [-0.4, -0.2) is 26.2 Å². The Kier molecular flexibility index (Phi) is 5.76. The van der Waals surface area contributed by atoms with Crippen LogP contribution in [0.15, 0.2) is 46.9 Å². The fourth-order valence-corrected chi connectivity index (χ4v) is 2.33. The van der Waals surface area contributed by atoms with Gasteiger partial charge in [0, 0.05) is 10.0 Å². The highest BCUT2D eigenvalue weighted by Gasteiger charge is 2.14. The standard InChI is InChI=1S/C17H15BrO5/c1-21-16(19)12-7-13(17(20)22-2)9-14(8-12)23-10-11-5-3-4-6-15(11)18/h3-9H,10H2,1-2H3. The molecule has 0 atom stereocenters. The van der Waals surface area contributed by atoms with Crippen LogP contribution in [-0.2, 0) is 16.1 Å². The van der Waals surface area contributed by atoms with E-state index in [0.29, 0.717) is 5.75 Å². The fourth-order valence-electron chi connectivity index (χ4n) is 1.93. The summed E-state index contributed by atoms with van der Waals surface area (Å²) in [6.45, 7) is 0.284. The van der Waals surface area contributed by atoms with Gasteiger partial charge in [-0.05, 0) is 24.3 Å². The lowest BCUT2D eigenvalue weighted by Gasteiger charge is -2.11. The van der Waals surface area contributed by atoms with Gasteiger partial charge in [-0.2, -0.15) is 0 Å². The smallest absolute Gasteiger partial charge is 0.338 e. The molecule has 0 fully saturated rings. The number of benzene rings is 2. The molecule has 0 saturated heterocycles. The van der Waals surface area contributed by atoms with Gasteiger partial charge in [0.05, 0.1) is 25.3 Å². The second-order valence-electron chi connectivity index (χ2n) is 4.61. The molecule has 0 amide bonds. The van der Waals surface area contributed by atoms with Crippen LogP contribution < -0.4 is 4.74 Å². The van der Waals surface area contributed by atoms with E-state index < -0.39 is 11.9 Å². The van der Waals surface area contributed by atoms with Gasteiger partial charge < -0.3 is 14.2 Å². The summed E-state index contributed by atoms with van der Waals surface area (Å²) in [5.74, 6) is -0.730. The molecular weight excluding hydrogens is 364 g/mol. The van der Waals surface area contributed by atoms with E-state index in [9.17, 15) is 9.59 Å². The number of methoxy groups -OCH3 is 2. The number of esters is 2. The van der Waals surface area contributed by atoms with Crippen LogP contribution >= 0.6 is 15.9 Å². The van der Waals surface area contributed by atoms with E-state index in [1.165, 1.54) is 32.4 Å². The fraction of sp³-hybridized carbons (Fsp3) is 0.176. The summed E-state index contributed by atoms with van der Waals surface area (Å²) in [7, 11) is 2.55. The highest BCUT2D eigenvalue weighted by Crippen LogP contribution is 2.22. The van der Waals surface area contributed by atoms with E-state index in [1.54, 1.807) is 0 Å². The second-order valence-corrected chi connectivity index (χ2v) is 5.46. The van der Waals surface area contributed by atoms with Gasteiger partial charge in [0.2, 0.25) is 0 Å². The number of ether oxygens (including phenoxy) is 3. The third kappa shape index (κ3) is 4.32. The first kappa shape index (κ1) is 17.0. The maximum atomic E-state index is 11.7. The predicted octanol–water partition coefficient (Wildman–Crippen LogP) is 3.60. The van der Waals surface area contributed by atoms with Crippen LogP contribution in [0.4, 0.5) is 0 Å². The van der Waals surface area contributed by atoms with E-state index >= 15 is 0 Å². The Bertz CT molecular complexity index is 692. The van der Waals surface area contributed by atoms with Crippen molar-refractivity contribution in [3.8, 4) is 5.75 Å². The van der Waals surface area contributed by atoms with Crippen molar-refractivity contribution in [1.29, 1.82) is 0 Å². The summed E-state index contributed by atoms with van der Waals surface area (Å²) in [4.78, 5) is 23.4. The van der Waals surface area contributed by atoms with Gasteiger partial charge >= 0.3 is 11.9 Å². The molecule has 0 aromatic heterocycles. The quantitative estimate of drug-likeness (QED) is 0.743. The van der Waals surface area contributed by atoms with Gasteiger partial charge in [0.25, 0.3) is 0 Å². The van der Waals surface area contributed by atoms with Crippen LogP contribution in [0.1, 0.15) is 26.3 Å². The SMILES string of the molecule is COC(=O)c1cc(OCc2ccccc2Br)cc(C(=O)OC)c1. The van der Waals surface area contributed by atoms with E-state index in [4.69, 9.17) is 4.74 Å². The van der Waals surface area contributed by atoms with Crippen molar-refractivity contribution in [2.24, 2.45) is 0 Å². The molecule has 0 bridgehead atoms. The zero-order valence-corrected chi connectivity index (χ0v) is 14.3. The lowest BCUT2D eigenvalue weighted by atomic mass is 10.1. The molecule has 5 nitrogen and oxygen atoms in total. The van der Waals surface area contributed by atoms with Crippen LogP contribution in [0.25, 0.3) is 0 Å². The Morgan fingerprint density at radius 1 is 0.957 bits per heavy atom. The van der Waals surface area contributed by atoms with Crippen molar-refractivity contribution in [1.82, 2.24) is 0 Å². The number of carbonyl (C=O) groups excluding carboxylic acids is 2. The highest BCUT2D eigenvalue weighted by molar-refractivity contribution is 9.10. The van der Waals surface area contributed by atoms with Crippen LogP contribution in [0, 0.1) is 0 Å². The number of hydrogen-bond donors (Lipinski definition) is 0. The molecule has 23 heavy (non-hydrogen) atoms. The topological polar surface area (TPSA) is 61.8 Å². The minimum Gasteiger partial charge on any atom is -0.489 e. The normalized spacial score (nSPS) is 10.0. The lowest BCUT2D eigenvalue weighted by Crippen LogP contribution is -2.08.